The molecule has 0 aliphatic heterocycles. The average Bonchev–Trinajstić information content (AvgIpc) is 2.94. The van der Waals surface area contributed by atoms with Gasteiger partial charge in [-0.25, -0.2) is 0 Å². The molecule has 21 heavy (non-hydrogen) atoms. The molecular formula is C20H26Se. The van der Waals surface area contributed by atoms with Crippen LogP contribution < -0.4 is 0 Å². The normalized spacial score (nSPS) is 13.0. The fraction of sp³-hybridized carbons (Fsp3) is 0.500. The van der Waals surface area contributed by atoms with Crippen LogP contribution in [-0.2, 0) is 19.3 Å². The van der Waals surface area contributed by atoms with E-state index in [0.717, 1.165) is 0 Å². The third-order valence-corrected chi connectivity index (χ3v) is 7.20. The van der Waals surface area contributed by atoms with Crippen LogP contribution in [0.3, 0.4) is 0 Å². The van der Waals surface area contributed by atoms with Crippen molar-refractivity contribution in [3.8, 4) is 11.1 Å². The molecule has 3 rings (SSSR count). The predicted octanol–water partition coefficient (Wildman–Crippen LogP) is 5.41. The Balaban J connectivity index is 1.59. The van der Waals surface area contributed by atoms with Gasteiger partial charge in [-0.2, -0.15) is 0 Å². The molecule has 1 aromatic heterocycles. The molecule has 0 radical (unpaired) electrons. The Morgan fingerprint density at radius 3 is 2.62 bits per heavy atom. The SMILES string of the molecule is CCCCCCCCc1cc2c([se]1)CCc1ccccc1-2. The summed E-state index contributed by atoms with van der Waals surface area (Å²) in [5, 5.41) is 0. The third-order valence-electron chi connectivity index (χ3n) is 4.57. The monoisotopic (exact) mass is 346 g/mol. The van der Waals surface area contributed by atoms with Gasteiger partial charge < -0.3 is 0 Å². The topological polar surface area (TPSA) is 0 Å². The molecule has 1 heterocycles. The summed E-state index contributed by atoms with van der Waals surface area (Å²) in [6, 6.07) is 11.6. The van der Waals surface area contributed by atoms with Crippen molar-refractivity contribution in [3.63, 3.8) is 0 Å². The van der Waals surface area contributed by atoms with Crippen molar-refractivity contribution >= 4 is 14.5 Å². The van der Waals surface area contributed by atoms with E-state index < -0.39 is 0 Å². The van der Waals surface area contributed by atoms with Crippen molar-refractivity contribution in [3.05, 3.63) is 44.8 Å². The van der Waals surface area contributed by atoms with Gasteiger partial charge >= 0.3 is 135 Å². The van der Waals surface area contributed by atoms with E-state index in [1.807, 2.05) is 0 Å². The van der Waals surface area contributed by atoms with Crippen molar-refractivity contribution in [2.45, 2.75) is 64.7 Å². The van der Waals surface area contributed by atoms with E-state index >= 15 is 0 Å². The summed E-state index contributed by atoms with van der Waals surface area (Å²) in [7, 11) is 0. The first-order chi connectivity index (χ1) is 10.4. The zero-order valence-electron chi connectivity index (χ0n) is 13.2. The van der Waals surface area contributed by atoms with Gasteiger partial charge in [0.1, 0.15) is 0 Å². The number of fused-ring (bicyclic) bond motifs is 3. The average molecular weight is 345 g/mol. The zero-order chi connectivity index (χ0) is 14.5. The van der Waals surface area contributed by atoms with Gasteiger partial charge in [0, 0.05) is 0 Å². The second-order valence-corrected chi connectivity index (χ2v) is 8.79. The predicted molar refractivity (Wildman–Crippen MR) is 93.3 cm³/mol. The van der Waals surface area contributed by atoms with Gasteiger partial charge in [0.2, 0.25) is 0 Å². The van der Waals surface area contributed by atoms with E-state index in [0.29, 0.717) is 14.5 Å². The molecule has 0 fully saturated rings. The van der Waals surface area contributed by atoms with Gasteiger partial charge in [0.05, 0.1) is 0 Å². The summed E-state index contributed by atoms with van der Waals surface area (Å²) in [6.07, 6.45) is 12.4. The van der Waals surface area contributed by atoms with Crippen molar-refractivity contribution in [1.29, 1.82) is 0 Å². The first-order valence-electron chi connectivity index (χ1n) is 8.58. The molecule has 0 N–H and O–H groups in total. The summed E-state index contributed by atoms with van der Waals surface area (Å²) in [5.74, 6) is 0. The van der Waals surface area contributed by atoms with Crippen LogP contribution in [-0.4, -0.2) is 14.5 Å². The molecule has 1 aliphatic rings. The summed E-state index contributed by atoms with van der Waals surface area (Å²) in [5.41, 5.74) is 4.68. The summed E-state index contributed by atoms with van der Waals surface area (Å²) >= 11 is 0.659. The van der Waals surface area contributed by atoms with E-state index in [1.165, 1.54) is 63.4 Å². The standard InChI is InChI=1S/C20H26Se/c1-2-3-4-5-6-7-11-17-15-19-18-12-9-8-10-16(18)13-14-20(19)21-17/h8-10,12,15H,2-7,11,13-14H2,1H3. The van der Waals surface area contributed by atoms with Crippen molar-refractivity contribution in [2.75, 3.05) is 0 Å². The molecule has 0 nitrogen and oxygen atoms in total. The van der Waals surface area contributed by atoms with E-state index in [2.05, 4.69) is 37.3 Å². The van der Waals surface area contributed by atoms with Gasteiger partial charge in [-0.3, -0.25) is 0 Å². The number of rotatable bonds is 7. The first kappa shape index (κ1) is 15.1. The zero-order valence-corrected chi connectivity index (χ0v) is 14.9. The molecule has 0 unspecified atom stereocenters. The number of hydrogen-bond donors (Lipinski definition) is 0. The molecule has 0 bridgehead atoms. The maximum atomic E-state index is 2.54. The second kappa shape index (κ2) is 7.47. The molecule has 1 aliphatic carbocycles. The molecular weight excluding hydrogens is 319 g/mol. The molecule has 0 amide bonds. The molecule has 2 aromatic rings. The molecule has 0 spiro atoms. The number of benzene rings is 1. The van der Waals surface area contributed by atoms with Crippen LogP contribution >= 0.6 is 0 Å². The fourth-order valence-electron chi connectivity index (χ4n) is 3.35. The molecule has 1 aromatic carbocycles. The van der Waals surface area contributed by atoms with Crippen molar-refractivity contribution in [2.24, 2.45) is 0 Å². The van der Waals surface area contributed by atoms with Gasteiger partial charge in [-0.1, -0.05) is 0 Å². The van der Waals surface area contributed by atoms with E-state index in [-0.39, 0.29) is 0 Å². The Hall–Kier alpha value is -0.781. The van der Waals surface area contributed by atoms with Crippen LogP contribution in [0.15, 0.2) is 30.3 Å². The van der Waals surface area contributed by atoms with E-state index in [9.17, 15) is 0 Å². The fourth-order valence-corrected chi connectivity index (χ4v) is 5.92. The molecule has 0 saturated heterocycles. The Kier molecular flexibility index (Phi) is 5.38. The van der Waals surface area contributed by atoms with Gasteiger partial charge in [-0.05, 0) is 0 Å². The minimum atomic E-state index is 0.659. The summed E-state index contributed by atoms with van der Waals surface area (Å²) < 4.78 is 3.52. The molecule has 112 valence electrons. The first-order valence-corrected chi connectivity index (χ1v) is 10.3. The van der Waals surface area contributed by atoms with Crippen LogP contribution in [0, 0.1) is 0 Å². The Bertz CT molecular complexity index is 579. The van der Waals surface area contributed by atoms with Gasteiger partial charge in [0.25, 0.3) is 0 Å². The van der Waals surface area contributed by atoms with Crippen LogP contribution in [0.5, 0.6) is 0 Å². The summed E-state index contributed by atoms with van der Waals surface area (Å²) in [4.78, 5) is 0. The van der Waals surface area contributed by atoms with E-state index in [1.54, 1.807) is 20.0 Å². The van der Waals surface area contributed by atoms with Crippen LogP contribution in [0.2, 0.25) is 0 Å². The maximum absolute atomic E-state index is 2.54. The van der Waals surface area contributed by atoms with Gasteiger partial charge in [0.15, 0.2) is 0 Å². The van der Waals surface area contributed by atoms with Gasteiger partial charge in [-0.15, -0.1) is 0 Å². The minimum absolute atomic E-state index is 0.659. The second-order valence-electron chi connectivity index (χ2n) is 6.22. The molecule has 1 heteroatoms. The molecule has 0 saturated carbocycles. The molecule has 0 atom stereocenters. The van der Waals surface area contributed by atoms with Crippen molar-refractivity contribution in [1.82, 2.24) is 0 Å². The Morgan fingerprint density at radius 2 is 1.71 bits per heavy atom. The quantitative estimate of drug-likeness (QED) is 0.465. The number of aryl methyl sites for hydroxylation is 3. The Morgan fingerprint density at radius 1 is 0.905 bits per heavy atom. The van der Waals surface area contributed by atoms with Crippen LogP contribution in [0.1, 0.15) is 59.9 Å². The van der Waals surface area contributed by atoms with Crippen LogP contribution in [0.25, 0.3) is 11.1 Å². The van der Waals surface area contributed by atoms with Crippen LogP contribution in [0.4, 0.5) is 0 Å². The van der Waals surface area contributed by atoms with E-state index in [4.69, 9.17) is 0 Å². The summed E-state index contributed by atoms with van der Waals surface area (Å²) in [6.45, 7) is 2.29. The Labute approximate surface area is 135 Å². The third kappa shape index (κ3) is 3.70. The van der Waals surface area contributed by atoms with Crippen molar-refractivity contribution < 1.29 is 0 Å². The number of hydrogen-bond acceptors (Lipinski definition) is 0. The number of unbranched alkanes of at least 4 members (excludes halogenated alkanes) is 5.